The Bertz CT molecular complexity index is 469. The molecule has 0 saturated heterocycles. The molecule has 1 heteroatoms. The molecule has 22 heavy (non-hydrogen) atoms. The van der Waals surface area contributed by atoms with Gasteiger partial charge in [-0.25, -0.2) is 0 Å². The van der Waals surface area contributed by atoms with E-state index in [0.717, 1.165) is 23.7 Å². The Hall–Kier alpha value is -0.330. The lowest BCUT2D eigenvalue weighted by Gasteiger charge is -2.60. The molecule has 0 aromatic carbocycles. The van der Waals surface area contributed by atoms with E-state index >= 15 is 0 Å². The van der Waals surface area contributed by atoms with E-state index in [-0.39, 0.29) is 0 Å². The molecule has 0 amide bonds. The van der Waals surface area contributed by atoms with Gasteiger partial charge in [0, 0.05) is 5.92 Å². The molecule has 0 N–H and O–H groups in total. The molecule has 124 valence electrons. The molecule has 0 aliphatic heterocycles. The number of Topliss-reactive ketones (excluding diaryl/α,β-unsaturated/α-hetero) is 1. The van der Waals surface area contributed by atoms with Gasteiger partial charge in [0.2, 0.25) is 0 Å². The molecule has 0 aromatic heterocycles. The maximum Gasteiger partial charge on any atom is 0.133 e. The van der Waals surface area contributed by atoms with Crippen molar-refractivity contribution < 1.29 is 4.79 Å². The minimum absolute atomic E-state index is 0.338. The summed E-state index contributed by atoms with van der Waals surface area (Å²) in [6, 6.07) is 0. The largest absolute Gasteiger partial charge is 0.300 e. The van der Waals surface area contributed by atoms with Gasteiger partial charge in [0.05, 0.1) is 0 Å². The monoisotopic (exact) mass is 302 g/mol. The molecule has 4 aliphatic carbocycles. The predicted octanol–water partition coefficient (Wildman–Crippen LogP) is 5.62. The van der Waals surface area contributed by atoms with E-state index < -0.39 is 0 Å². The van der Waals surface area contributed by atoms with Gasteiger partial charge in [-0.15, -0.1) is 0 Å². The van der Waals surface area contributed by atoms with Crippen molar-refractivity contribution in [2.75, 3.05) is 0 Å². The van der Waals surface area contributed by atoms with Crippen molar-refractivity contribution in [3.05, 3.63) is 0 Å². The van der Waals surface area contributed by atoms with Crippen molar-refractivity contribution in [2.45, 2.75) is 85.0 Å². The van der Waals surface area contributed by atoms with Crippen LogP contribution < -0.4 is 0 Å². The van der Waals surface area contributed by atoms with Crippen molar-refractivity contribution in [2.24, 2.45) is 40.4 Å². The highest BCUT2D eigenvalue weighted by Gasteiger charge is 2.60. The fraction of sp³-hybridized carbons (Fsp3) is 0.952. The number of carbonyl (C=O) groups is 1. The highest BCUT2D eigenvalue weighted by molar-refractivity contribution is 5.79. The number of hydrogen-bond donors (Lipinski definition) is 0. The second kappa shape index (κ2) is 5.08. The number of ketones is 1. The minimum atomic E-state index is 0.338. The molecule has 4 fully saturated rings. The minimum Gasteiger partial charge on any atom is -0.300 e. The van der Waals surface area contributed by atoms with E-state index in [4.69, 9.17) is 0 Å². The van der Waals surface area contributed by atoms with Crippen LogP contribution in [0, 0.1) is 40.4 Å². The normalized spacial score (nSPS) is 54.2. The third-order valence-corrected chi connectivity index (χ3v) is 9.07. The van der Waals surface area contributed by atoms with Gasteiger partial charge in [0.15, 0.2) is 0 Å². The summed E-state index contributed by atoms with van der Waals surface area (Å²) in [6.07, 6.45) is 14.1. The molecule has 0 spiro atoms. The Morgan fingerprint density at radius 1 is 0.818 bits per heavy atom. The first-order chi connectivity index (χ1) is 10.5. The van der Waals surface area contributed by atoms with Crippen LogP contribution in [0.15, 0.2) is 0 Å². The zero-order valence-corrected chi connectivity index (χ0v) is 14.9. The van der Waals surface area contributed by atoms with Gasteiger partial charge in [0.1, 0.15) is 5.78 Å². The first-order valence-electron chi connectivity index (χ1n) is 9.97. The lowest BCUT2D eigenvalue weighted by atomic mass is 9.45. The summed E-state index contributed by atoms with van der Waals surface area (Å²) in [4.78, 5) is 12.2. The molecule has 4 saturated carbocycles. The van der Waals surface area contributed by atoms with Gasteiger partial charge in [-0.1, -0.05) is 26.7 Å². The van der Waals surface area contributed by atoms with Gasteiger partial charge in [-0.2, -0.15) is 0 Å². The third-order valence-electron chi connectivity index (χ3n) is 9.07. The number of fused-ring (bicyclic) bond motifs is 5. The fourth-order valence-electron chi connectivity index (χ4n) is 7.96. The van der Waals surface area contributed by atoms with Crippen LogP contribution in [0.2, 0.25) is 0 Å². The molecule has 1 unspecified atom stereocenters. The molecule has 0 heterocycles. The molecule has 4 rings (SSSR count). The van der Waals surface area contributed by atoms with E-state index in [0.29, 0.717) is 22.5 Å². The van der Waals surface area contributed by atoms with Crippen LogP contribution in [0.25, 0.3) is 0 Å². The quantitative estimate of drug-likeness (QED) is 0.614. The van der Waals surface area contributed by atoms with E-state index in [1.807, 2.05) is 6.92 Å². The second-order valence-corrected chi connectivity index (χ2v) is 9.69. The van der Waals surface area contributed by atoms with Crippen LogP contribution in [0.5, 0.6) is 0 Å². The number of carbonyl (C=O) groups excluding carboxylic acids is 1. The van der Waals surface area contributed by atoms with E-state index in [2.05, 4.69) is 13.8 Å². The first kappa shape index (κ1) is 15.2. The highest BCUT2D eigenvalue weighted by Crippen LogP contribution is 2.67. The van der Waals surface area contributed by atoms with Crippen LogP contribution in [-0.4, -0.2) is 5.78 Å². The average molecular weight is 303 g/mol. The third kappa shape index (κ3) is 1.93. The number of rotatable bonds is 1. The van der Waals surface area contributed by atoms with Crippen LogP contribution >= 0.6 is 0 Å². The van der Waals surface area contributed by atoms with Crippen molar-refractivity contribution in [3.63, 3.8) is 0 Å². The summed E-state index contributed by atoms with van der Waals surface area (Å²) < 4.78 is 0. The van der Waals surface area contributed by atoms with Gasteiger partial charge in [-0.3, -0.25) is 4.79 Å². The Labute approximate surface area is 136 Å². The zero-order chi connectivity index (χ0) is 15.5. The molecule has 0 bridgehead atoms. The maximum absolute atomic E-state index is 12.2. The SMILES string of the molecule is CC(=O)[C@H]1CC[C@H]2[C@@H]3CC[C@H]4CCCC[C@]4(C)C3CC[C@]12C. The summed E-state index contributed by atoms with van der Waals surface area (Å²) >= 11 is 0. The molecule has 0 radical (unpaired) electrons. The molecule has 1 nitrogen and oxygen atoms in total. The lowest BCUT2D eigenvalue weighted by molar-refractivity contribution is -0.133. The van der Waals surface area contributed by atoms with Crippen molar-refractivity contribution >= 4 is 5.78 Å². The van der Waals surface area contributed by atoms with Gasteiger partial charge >= 0.3 is 0 Å². The topological polar surface area (TPSA) is 17.1 Å². The van der Waals surface area contributed by atoms with Crippen LogP contribution in [0.4, 0.5) is 0 Å². The molecule has 0 aromatic rings. The zero-order valence-electron chi connectivity index (χ0n) is 14.9. The van der Waals surface area contributed by atoms with Crippen molar-refractivity contribution in [1.29, 1.82) is 0 Å². The summed E-state index contributed by atoms with van der Waals surface area (Å²) in [7, 11) is 0. The Morgan fingerprint density at radius 2 is 1.59 bits per heavy atom. The van der Waals surface area contributed by atoms with Gasteiger partial charge in [-0.05, 0) is 92.8 Å². The predicted molar refractivity (Wildman–Crippen MR) is 90.5 cm³/mol. The van der Waals surface area contributed by atoms with Crippen molar-refractivity contribution in [1.82, 2.24) is 0 Å². The lowest BCUT2D eigenvalue weighted by Crippen LogP contribution is -2.53. The van der Waals surface area contributed by atoms with E-state index in [9.17, 15) is 4.79 Å². The van der Waals surface area contributed by atoms with Crippen LogP contribution in [-0.2, 0) is 4.79 Å². The first-order valence-corrected chi connectivity index (χ1v) is 9.97. The number of hydrogen-bond acceptors (Lipinski definition) is 1. The Morgan fingerprint density at radius 3 is 2.36 bits per heavy atom. The van der Waals surface area contributed by atoms with E-state index in [1.54, 1.807) is 0 Å². The molecule has 4 aliphatic rings. The van der Waals surface area contributed by atoms with Gasteiger partial charge < -0.3 is 0 Å². The maximum atomic E-state index is 12.2. The molecular weight excluding hydrogens is 268 g/mol. The molecular formula is C21H34O. The van der Waals surface area contributed by atoms with Gasteiger partial charge in [0.25, 0.3) is 0 Å². The summed E-state index contributed by atoms with van der Waals surface area (Å²) in [6.45, 7) is 6.97. The fourth-order valence-corrected chi connectivity index (χ4v) is 7.96. The Kier molecular flexibility index (Phi) is 3.51. The molecule has 7 atom stereocenters. The highest BCUT2D eigenvalue weighted by atomic mass is 16.1. The van der Waals surface area contributed by atoms with Crippen molar-refractivity contribution in [3.8, 4) is 0 Å². The standard InChI is InChI=1S/C21H34O/c1-14(22)17-9-10-18-16-8-7-15-6-4-5-12-20(15,2)19(16)11-13-21(17,18)3/h15-19H,4-13H2,1-3H3/t15-,16+,17-,18+,19?,20+,21-/m1/s1. The average Bonchev–Trinajstić information content (AvgIpc) is 2.84. The summed E-state index contributed by atoms with van der Waals surface area (Å²) in [5, 5.41) is 0. The smallest absolute Gasteiger partial charge is 0.133 e. The summed E-state index contributed by atoms with van der Waals surface area (Å²) in [5.74, 6) is 4.60. The second-order valence-electron chi connectivity index (χ2n) is 9.69. The van der Waals surface area contributed by atoms with Crippen LogP contribution in [0.3, 0.4) is 0 Å². The van der Waals surface area contributed by atoms with E-state index in [1.165, 1.54) is 64.2 Å². The van der Waals surface area contributed by atoms with Crippen LogP contribution in [0.1, 0.15) is 85.0 Å². The Balaban J connectivity index is 1.63. The summed E-state index contributed by atoms with van der Waals surface area (Å²) in [5.41, 5.74) is 0.974.